The number of thioether (sulfide) groups is 1. The smallest absolute Gasteiger partial charge is 0.264 e. The molecule has 0 spiro atoms. The van der Waals surface area contributed by atoms with E-state index in [1.165, 1.54) is 28.8 Å². The van der Waals surface area contributed by atoms with E-state index < -0.39 is 28.5 Å². The Morgan fingerprint density at radius 3 is 2.15 bits per heavy atom. The van der Waals surface area contributed by atoms with Crippen LogP contribution in [0.25, 0.3) is 0 Å². The molecule has 0 aromatic heterocycles. The molecule has 4 aromatic rings. The fourth-order valence-corrected chi connectivity index (χ4v) is 6.95. The lowest BCUT2D eigenvalue weighted by Gasteiger charge is -2.34. The Bertz CT molecular complexity index is 1700. The maximum absolute atomic E-state index is 14.5. The van der Waals surface area contributed by atoms with Gasteiger partial charge in [0.2, 0.25) is 11.8 Å². The molecular formula is C35H38ClN3O5S2. The number of halogens is 1. The van der Waals surface area contributed by atoms with E-state index in [0.717, 1.165) is 14.8 Å². The molecule has 1 unspecified atom stereocenters. The molecule has 0 heterocycles. The van der Waals surface area contributed by atoms with Crippen LogP contribution in [-0.4, -0.2) is 57.1 Å². The number of rotatable bonds is 15. The summed E-state index contributed by atoms with van der Waals surface area (Å²) in [5.74, 6) is -0.348. The van der Waals surface area contributed by atoms with Crippen molar-refractivity contribution in [2.24, 2.45) is 0 Å². The summed E-state index contributed by atoms with van der Waals surface area (Å²) in [6.45, 7) is 3.90. The monoisotopic (exact) mass is 679 g/mol. The molecule has 11 heteroatoms. The number of likely N-dealkylation sites (N-methyl/N-ethyl adjacent to an activating group) is 1. The first-order valence-electron chi connectivity index (χ1n) is 14.9. The molecule has 2 amide bonds. The molecule has 0 saturated heterocycles. The first-order valence-corrected chi connectivity index (χ1v) is 18.0. The van der Waals surface area contributed by atoms with Gasteiger partial charge in [-0.05, 0) is 85.8 Å². The molecule has 0 aliphatic heterocycles. The Hall–Kier alpha value is -3.99. The van der Waals surface area contributed by atoms with Crippen LogP contribution < -0.4 is 14.4 Å². The summed E-state index contributed by atoms with van der Waals surface area (Å²) < 4.78 is 35.1. The van der Waals surface area contributed by atoms with Gasteiger partial charge in [-0.15, -0.1) is 11.8 Å². The quantitative estimate of drug-likeness (QED) is 0.146. The van der Waals surface area contributed by atoms with Crippen molar-refractivity contribution in [2.45, 2.75) is 42.6 Å². The van der Waals surface area contributed by atoms with Gasteiger partial charge in [-0.3, -0.25) is 13.9 Å². The Balaban J connectivity index is 1.80. The largest absolute Gasteiger partial charge is 0.494 e. The van der Waals surface area contributed by atoms with E-state index in [-0.39, 0.29) is 29.5 Å². The van der Waals surface area contributed by atoms with Gasteiger partial charge in [-0.25, -0.2) is 8.42 Å². The van der Waals surface area contributed by atoms with Gasteiger partial charge in [-0.1, -0.05) is 60.1 Å². The molecule has 242 valence electrons. The van der Waals surface area contributed by atoms with Crippen LogP contribution in [0.15, 0.2) is 113 Å². The topological polar surface area (TPSA) is 96.0 Å². The zero-order valence-corrected chi connectivity index (χ0v) is 28.4. The molecular weight excluding hydrogens is 642 g/mol. The van der Waals surface area contributed by atoms with Crippen LogP contribution in [0, 0.1) is 0 Å². The average Bonchev–Trinajstić information content (AvgIpc) is 3.07. The number of sulfonamides is 1. The van der Waals surface area contributed by atoms with E-state index in [9.17, 15) is 18.0 Å². The molecule has 1 N–H and O–H groups in total. The maximum atomic E-state index is 14.5. The standard InChI is InChI=1S/C35H38ClN3O5S2/c1-4-37-35(41)33(23-26-11-7-6-8-12-26)38(24-27-13-9-10-14-32(27)36)34(40)25-39(28-15-17-29(18-16-28)44-5-2)46(42,43)31-21-19-30(45-3)20-22-31/h6-22,33H,4-5,23-25H2,1-3H3,(H,37,41). The van der Waals surface area contributed by atoms with Crippen molar-refractivity contribution >= 4 is 50.9 Å². The highest BCUT2D eigenvalue weighted by molar-refractivity contribution is 7.98. The minimum atomic E-state index is -4.22. The van der Waals surface area contributed by atoms with Gasteiger partial charge >= 0.3 is 0 Å². The van der Waals surface area contributed by atoms with Crippen molar-refractivity contribution in [1.82, 2.24) is 10.2 Å². The minimum Gasteiger partial charge on any atom is -0.494 e. The van der Waals surface area contributed by atoms with Crippen molar-refractivity contribution in [2.75, 3.05) is 30.3 Å². The summed E-state index contributed by atoms with van der Waals surface area (Å²) in [4.78, 5) is 30.5. The highest BCUT2D eigenvalue weighted by Gasteiger charge is 2.34. The van der Waals surface area contributed by atoms with E-state index >= 15 is 0 Å². The molecule has 4 aromatic carbocycles. The van der Waals surface area contributed by atoms with Crippen molar-refractivity contribution in [3.63, 3.8) is 0 Å². The van der Waals surface area contributed by atoms with Gasteiger partial charge in [0.25, 0.3) is 10.0 Å². The van der Waals surface area contributed by atoms with Gasteiger partial charge in [-0.2, -0.15) is 0 Å². The first kappa shape index (κ1) is 34.9. The van der Waals surface area contributed by atoms with Crippen LogP contribution in [-0.2, 0) is 32.6 Å². The third-order valence-electron chi connectivity index (χ3n) is 7.28. The van der Waals surface area contributed by atoms with Crippen molar-refractivity contribution in [3.8, 4) is 5.75 Å². The first-order chi connectivity index (χ1) is 22.2. The van der Waals surface area contributed by atoms with E-state index in [1.807, 2.05) is 43.5 Å². The second kappa shape index (κ2) is 16.5. The van der Waals surface area contributed by atoms with E-state index in [4.69, 9.17) is 16.3 Å². The fourth-order valence-electron chi connectivity index (χ4n) is 4.94. The molecule has 0 aliphatic rings. The molecule has 0 radical (unpaired) electrons. The summed E-state index contributed by atoms with van der Waals surface area (Å²) in [6, 6.07) is 28.6. The maximum Gasteiger partial charge on any atom is 0.264 e. The van der Waals surface area contributed by atoms with Crippen LogP contribution >= 0.6 is 23.4 Å². The van der Waals surface area contributed by atoms with Crippen LogP contribution in [0.3, 0.4) is 0 Å². The number of benzene rings is 4. The predicted octanol–water partition coefficient (Wildman–Crippen LogP) is 6.43. The molecule has 1 atom stereocenters. The summed E-state index contributed by atoms with van der Waals surface area (Å²) >= 11 is 8.03. The van der Waals surface area contributed by atoms with E-state index in [0.29, 0.717) is 29.5 Å². The van der Waals surface area contributed by atoms with Gasteiger partial charge in [0.15, 0.2) is 0 Å². The van der Waals surface area contributed by atoms with Gasteiger partial charge in [0, 0.05) is 29.4 Å². The van der Waals surface area contributed by atoms with E-state index in [1.54, 1.807) is 67.6 Å². The summed E-state index contributed by atoms with van der Waals surface area (Å²) in [5, 5.41) is 3.29. The Kier molecular flexibility index (Phi) is 12.5. The third kappa shape index (κ3) is 8.84. The molecule has 46 heavy (non-hydrogen) atoms. The lowest BCUT2D eigenvalue weighted by molar-refractivity contribution is -0.140. The summed E-state index contributed by atoms with van der Waals surface area (Å²) in [5.41, 5.74) is 1.75. The fraction of sp³-hybridized carbons (Fsp3) is 0.257. The minimum absolute atomic E-state index is 0.00722. The predicted molar refractivity (Wildman–Crippen MR) is 185 cm³/mol. The number of ether oxygens (including phenoxy) is 1. The summed E-state index contributed by atoms with van der Waals surface area (Å²) in [6.07, 6.45) is 2.12. The number of amides is 2. The molecule has 0 saturated carbocycles. The highest BCUT2D eigenvalue weighted by atomic mass is 35.5. The molecule has 0 bridgehead atoms. The zero-order chi connectivity index (χ0) is 33.1. The van der Waals surface area contributed by atoms with Crippen molar-refractivity contribution in [1.29, 1.82) is 0 Å². The normalized spacial score (nSPS) is 11.8. The molecule has 0 aliphatic carbocycles. The second-order valence-corrected chi connectivity index (χ2v) is 13.5. The summed E-state index contributed by atoms with van der Waals surface area (Å²) in [7, 11) is -4.22. The molecule has 0 fully saturated rings. The Labute approximate surface area is 280 Å². The number of hydrogen-bond acceptors (Lipinski definition) is 6. The lowest BCUT2D eigenvalue weighted by atomic mass is 10.0. The van der Waals surface area contributed by atoms with E-state index in [2.05, 4.69) is 5.32 Å². The number of nitrogens with zero attached hydrogens (tertiary/aromatic N) is 2. The van der Waals surface area contributed by atoms with Gasteiger partial charge in [0.05, 0.1) is 17.2 Å². The van der Waals surface area contributed by atoms with Crippen LogP contribution in [0.4, 0.5) is 5.69 Å². The third-order valence-corrected chi connectivity index (χ3v) is 10.2. The second-order valence-electron chi connectivity index (χ2n) is 10.3. The highest BCUT2D eigenvalue weighted by Crippen LogP contribution is 2.28. The van der Waals surface area contributed by atoms with Gasteiger partial charge in [0.1, 0.15) is 18.3 Å². The zero-order valence-electron chi connectivity index (χ0n) is 26.1. The Morgan fingerprint density at radius 2 is 1.54 bits per heavy atom. The molecule has 4 rings (SSSR count). The average molecular weight is 680 g/mol. The SMILES string of the molecule is CCNC(=O)C(Cc1ccccc1)N(Cc1ccccc1Cl)C(=O)CN(c1ccc(OCC)cc1)S(=O)(=O)c1ccc(SC)cc1. The van der Waals surface area contributed by atoms with Crippen LogP contribution in [0.2, 0.25) is 5.02 Å². The van der Waals surface area contributed by atoms with Crippen LogP contribution in [0.1, 0.15) is 25.0 Å². The van der Waals surface area contributed by atoms with Crippen LogP contribution in [0.5, 0.6) is 5.75 Å². The molecule has 8 nitrogen and oxygen atoms in total. The number of hydrogen-bond donors (Lipinski definition) is 1. The van der Waals surface area contributed by atoms with Crippen molar-refractivity contribution < 1.29 is 22.7 Å². The number of carbonyl (C=O) groups is 2. The lowest BCUT2D eigenvalue weighted by Crippen LogP contribution is -2.53. The Morgan fingerprint density at radius 1 is 0.891 bits per heavy atom. The number of nitrogens with one attached hydrogen (secondary N) is 1. The number of anilines is 1. The number of carbonyl (C=O) groups excluding carboxylic acids is 2. The van der Waals surface area contributed by atoms with Gasteiger partial charge < -0.3 is 15.0 Å². The van der Waals surface area contributed by atoms with Crippen molar-refractivity contribution in [3.05, 3.63) is 119 Å².